The fourth-order valence-corrected chi connectivity index (χ4v) is 2.20. The number of carbonyl (C=O) groups is 1. The molecule has 1 aromatic rings. The molecule has 1 heterocycles. The molecule has 1 aromatic carbocycles. The van der Waals surface area contributed by atoms with Gasteiger partial charge < -0.3 is 15.3 Å². The molecule has 2 N–H and O–H groups in total. The number of fused-ring (bicyclic) bond motifs is 1. The standard InChI is InChI=1S/C14H20N2O2/c1-3-4-5-8-16(2)10-6-7-11-12(9-10)15-14(18)13(11)17/h6-7,9,13,17H,3-5,8H2,1-2H3,(H,15,18). The largest absolute Gasteiger partial charge is 0.378 e. The van der Waals surface area contributed by atoms with Gasteiger partial charge in [0.2, 0.25) is 0 Å². The Kier molecular flexibility index (Phi) is 3.87. The Hall–Kier alpha value is -1.55. The Labute approximate surface area is 108 Å². The van der Waals surface area contributed by atoms with Gasteiger partial charge >= 0.3 is 0 Å². The van der Waals surface area contributed by atoms with Crippen LogP contribution in [0.1, 0.15) is 37.9 Å². The summed E-state index contributed by atoms with van der Waals surface area (Å²) in [5.74, 6) is -0.337. The molecule has 18 heavy (non-hydrogen) atoms. The van der Waals surface area contributed by atoms with Gasteiger partial charge in [-0.3, -0.25) is 4.79 Å². The van der Waals surface area contributed by atoms with E-state index in [9.17, 15) is 9.90 Å². The van der Waals surface area contributed by atoms with Crippen molar-refractivity contribution >= 4 is 17.3 Å². The average molecular weight is 248 g/mol. The minimum atomic E-state index is -1.01. The maximum atomic E-state index is 11.3. The monoisotopic (exact) mass is 248 g/mol. The summed E-state index contributed by atoms with van der Waals surface area (Å²) >= 11 is 0. The Morgan fingerprint density at radius 2 is 2.17 bits per heavy atom. The number of hydrogen-bond acceptors (Lipinski definition) is 3. The summed E-state index contributed by atoms with van der Waals surface area (Å²) in [6.45, 7) is 3.19. The Morgan fingerprint density at radius 1 is 1.39 bits per heavy atom. The number of unbranched alkanes of at least 4 members (excludes halogenated alkanes) is 2. The number of aliphatic hydroxyl groups is 1. The first-order valence-corrected chi connectivity index (χ1v) is 6.47. The fraction of sp³-hybridized carbons (Fsp3) is 0.500. The van der Waals surface area contributed by atoms with E-state index in [2.05, 4.69) is 17.1 Å². The third-order valence-electron chi connectivity index (χ3n) is 3.38. The van der Waals surface area contributed by atoms with Crippen LogP contribution in [0.2, 0.25) is 0 Å². The molecule has 1 aliphatic rings. The number of nitrogens with zero attached hydrogens (tertiary/aromatic N) is 1. The van der Waals surface area contributed by atoms with Crippen LogP contribution in [0.3, 0.4) is 0 Å². The zero-order valence-electron chi connectivity index (χ0n) is 10.9. The molecule has 0 fully saturated rings. The highest BCUT2D eigenvalue weighted by Crippen LogP contribution is 2.33. The SMILES string of the molecule is CCCCCN(C)c1ccc2c(c1)NC(=O)C2O. The summed E-state index contributed by atoms with van der Waals surface area (Å²) in [7, 11) is 2.05. The van der Waals surface area contributed by atoms with Crippen LogP contribution in [0.15, 0.2) is 18.2 Å². The first kappa shape index (κ1) is 12.9. The molecule has 0 bridgehead atoms. The number of benzene rings is 1. The Balaban J connectivity index is 2.08. The van der Waals surface area contributed by atoms with Crippen LogP contribution in [0.5, 0.6) is 0 Å². The maximum Gasteiger partial charge on any atom is 0.257 e. The zero-order valence-corrected chi connectivity index (χ0v) is 10.9. The molecule has 2 rings (SSSR count). The molecule has 0 radical (unpaired) electrons. The summed E-state index contributed by atoms with van der Waals surface area (Å²) in [4.78, 5) is 13.5. The molecule has 1 unspecified atom stereocenters. The lowest BCUT2D eigenvalue weighted by Gasteiger charge is -2.20. The molecular formula is C14H20N2O2. The molecule has 1 amide bonds. The van der Waals surface area contributed by atoms with Gasteiger partial charge in [0, 0.05) is 30.5 Å². The van der Waals surface area contributed by atoms with E-state index in [0.29, 0.717) is 5.56 Å². The van der Waals surface area contributed by atoms with Crippen LogP contribution in [0.25, 0.3) is 0 Å². The van der Waals surface area contributed by atoms with Crippen molar-refractivity contribution in [3.8, 4) is 0 Å². The third-order valence-corrected chi connectivity index (χ3v) is 3.38. The summed E-state index contributed by atoms with van der Waals surface area (Å²) in [6.07, 6.45) is 2.59. The van der Waals surface area contributed by atoms with Crippen molar-refractivity contribution in [3.05, 3.63) is 23.8 Å². The minimum Gasteiger partial charge on any atom is -0.378 e. The number of nitrogens with one attached hydrogen (secondary N) is 1. The van der Waals surface area contributed by atoms with Crippen molar-refractivity contribution in [1.82, 2.24) is 0 Å². The second-order valence-electron chi connectivity index (χ2n) is 4.79. The van der Waals surface area contributed by atoms with Gasteiger partial charge in [-0.05, 0) is 18.6 Å². The molecular weight excluding hydrogens is 228 g/mol. The molecule has 0 aliphatic carbocycles. The first-order valence-electron chi connectivity index (χ1n) is 6.47. The van der Waals surface area contributed by atoms with Crippen molar-refractivity contribution in [2.24, 2.45) is 0 Å². The molecule has 0 spiro atoms. The number of amides is 1. The molecule has 1 atom stereocenters. The summed E-state index contributed by atoms with van der Waals surface area (Å²) < 4.78 is 0. The van der Waals surface area contributed by atoms with E-state index in [1.165, 1.54) is 19.3 Å². The molecule has 0 aromatic heterocycles. The van der Waals surface area contributed by atoms with E-state index >= 15 is 0 Å². The molecule has 4 nitrogen and oxygen atoms in total. The molecule has 0 saturated carbocycles. The van der Waals surface area contributed by atoms with Crippen molar-refractivity contribution in [1.29, 1.82) is 0 Å². The lowest BCUT2D eigenvalue weighted by atomic mass is 10.1. The van der Waals surface area contributed by atoms with Crippen LogP contribution in [0.4, 0.5) is 11.4 Å². The van der Waals surface area contributed by atoms with Crippen molar-refractivity contribution in [2.45, 2.75) is 32.3 Å². The van der Waals surface area contributed by atoms with E-state index in [-0.39, 0.29) is 5.91 Å². The van der Waals surface area contributed by atoms with E-state index in [1.807, 2.05) is 25.2 Å². The van der Waals surface area contributed by atoms with Gasteiger partial charge in [0.05, 0.1) is 0 Å². The second-order valence-corrected chi connectivity index (χ2v) is 4.79. The highest BCUT2D eigenvalue weighted by atomic mass is 16.3. The number of rotatable bonds is 5. The van der Waals surface area contributed by atoms with Gasteiger partial charge in [0.25, 0.3) is 5.91 Å². The molecule has 1 aliphatic heterocycles. The van der Waals surface area contributed by atoms with Gasteiger partial charge in [0.15, 0.2) is 6.10 Å². The summed E-state index contributed by atoms with van der Waals surface area (Å²) in [6, 6.07) is 5.70. The van der Waals surface area contributed by atoms with E-state index < -0.39 is 6.10 Å². The lowest BCUT2D eigenvalue weighted by Crippen LogP contribution is -2.18. The van der Waals surface area contributed by atoms with Crippen molar-refractivity contribution in [2.75, 3.05) is 23.8 Å². The fourth-order valence-electron chi connectivity index (χ4n) is 2.20. The van der Waals surface area contributed by atoms with Crippen molar-refractivity contribution < 1.29 is 9.90 Å². The van der Waals surface area contributed by atoms with Gasteiger partial charge in [0.1, 0.15) is 0 Å². The van der Waals surface area contributed by atoms with E-state index in [0.717, 1.165) is 17.9 Å². The van der Waals surface area contributed by atoms with Gasteiger partial charge in [-0.1, -0.05) is 25.8 Å². The topological polar surface area (TPSA) is 52.6 Å². The van der Waals surface area contributed by atoms with Crippen LogP contribution >= 0.6 is 0 Å². The van der Waals surface area contributed by atoms with Gasteiger partial charge in [-0.15, -0.1) is 0 Å². The summed E-state index contributed by atoms with van der Waals surface area (Å²) in [5.41, 5.74) is 2.47. The maximum absolute atomic E-state index is 11.3. The number of hydrogen-bond donors (Lipinski definition) is 2. The highest BCUT2D eigenvalue weighted by Gasteiger charge is 2.28. The number of aliphatic hydroxyl groups excluding tert-OH is 1. The molecule has 0 saturated heterocycles. The van der Waals surface area contributed by atoms with Crippen LogP contribution in [-0.4, -0.2) is 24.6 Å². The van der Waals surface area contributed by atoms with Gasteiger partial charge in [-0.2, -0.15) is 0 Å². The molecule has 98 valence electrons. The predicted molar refractivity (Wildman–Crippen MR) is 72.8 cm³/mol. The quantitative estimate of drug-likeness (QED) is 0.786. The van der Waals surface area contributed by atoms with E-state index in [4.69, 9.17) is 0 Å². The normalized spacial score (nSPS) is 17.5. The smallest absolute Gasteiger partial charge is 0.257 e. The minimum absolute atomic E-state index is 0.337. The van der Waals surface area contributed by atoms with Crippen LogP contribution < -0.4 is 10.2 Å². The third kappa shape index (κ3) is 2.48. The second kappa shape index (κ2) is 5.40. The number of anilines is 2. The van der Waals surface area contributed by atoms with E-state index in [1.54, 1.807) is 0 Å². The van der Waals surface area contributed by atoms with Gasteiger partial charge in [-0.25, -0.2) is 0 Å². The molecule has 4 heteroatoms. The lowest BCUT2D eigenvalue weighted by molar-refractivity contribution is -0.123. The predicted octanol–water partition coefficient (Wildman–Crippen LogP) is 2.30. The first-order chi connectivity index (χ1) is 8.63. The Morgan fingerprint density at radius 3 is 2.89 bits per heavy atom. The summed E-state index contributed by atoms with van der Waals surface area (Å²) in [5, 5.41) is 12.3. The zero-order chi connectivity index (χ0) is 13.1. The van der Waals surface area contributed by atoms with Crippen molar-refractivity contribution in [3.63, 3.8) is 0 Å². The number of carbonyl (C=O) groups excluding carboxylic acids is 1. The highest BCUT2D eigenvalue weighted by molar-refractivity contribution is 6.02. The average Bonchev–Trinajstić information content (AvgIpc) is 2.65. The Bertz CT molecular complexity index is 445. The van der Waals surface area contributed by atoms with Crippen LogP contribution in [-0.2, 0) is 4.79 Å². The van der Waals surface area contributed by atoms with Crippen LogP contribution in [0, 0.1) is 0 Å².